The standard InChI is InChI=1S/C21H22ClFN2O2/c22-19-4-2-1-3-16(19)7-10-21(27)25-13-11-24(12-14-25)15-20(26)17-5-8-18(23)9-6-17/h1-6,8-9H,7,10-15H2. The van der Waals surface area contributed by atoms with Crippen LogP contribution in [0.15, 0.2) is 48.5 Å². The minimum atomic E-state index is -0.351. The van der Waals surface area contributed by atoms with Crippen molar-refractivity contribution in [1.29, 1.82) is 0 Å². The maximum atomic E-state index is 13.0. The summed E-state index contributed by atoms with van der Waals surface area (Å²) in [4.78, 5) is 28.6. The fraction of sp³-hybridized carbons (Fsp3) is 0.333. The van der Waals surface area contributed by atoms with E-state index in [0.717, 1.165) is 5.56 Å². The molecule has 0 aromatic heterocycles. The van der Waals surface area contributed by atoms with Crippen LogP contribution in [0.1, 0.15) is 22.3 Å². The third-order valence-corrected chi connectivity index (χ3v) is 5.19. The molecule has 1 heterocycles. The van der Waals surface area contributed by atoms with Crippen molar-refractivity contribution in [3.8, 4) is 0 Å². The highest BCUT2D eigenvalue weighted by Crippen LogP contribution is 2.17. The summed E-state index contributed by atoms with van der Waals surface area (Å²) in [5, 5.41) is 0.689. The van der Waals surface area contributed by atoms with Crippen LogP contribution < -0.4 is 0 Å². The van der Waals surface area contributed by atoms with E-state index in [4.69, 9.17) is 11.6 Å². The maximum Gasteiger partial charge on any atom is 0.222 e. The number of piperazine rings is 1. The number of ketones is 1. The highest BCUT2D eigenvalue weighted by Gasteiger charge is 2.22. The highest BCUT2D eigenvalue weighted by molar-refractivity contribution is 6.31. The lowest BCUT2D eigenvalue weighted by molar-refractivity contribution is -0.132. The predicted molar refractivity (Wildman–Crippen MR) is 104 cm³/mol. The second kappa shape index (κ2) is 9.11. The minimum absolute atomic E-state index is 0.0338. The number of aryl methyl sites for hydroxylation is 1. The summed E-state index contributed by atoms with van der Waals surface area (Å²) >= 11 is 6.14. The molecule has 1 aliphatic heterocycles. The van der Waals surface area contributed by atoms with Crippen molar-refractivity contribution in [2.75, 3.05) is 32.7 Å². The number of Topliss-reactive ketones (excluding diaryl/α,β-unsaturated/α-hetero) is 1. The largest absolute Gasteiger partial charge is 0.340 e. The smallest absolute Gasteiger partial charge is 0.222 e. The molecule has 0 bridgehead atoms. The van der Waals surface area contributed by atoms with Crippen molar-refractivity contribution in [2.45, 2.75) is 12.8 Å². The van der Waals surface area contributed by atoms with Gasteiger partial charge in [0.25, 0.3) is 0 Å². The van der Waals surface area contributed by atoms with Crippen LogP contribution in [0.4, 0.5) is 4.39 Å². The lowest BCUT2D eigenvalue weighted by Gasteiger charge is -2.34. The van der Waals surface area contributed by atoms with Gasteiger partial charge >= 0.3 is 0 Å². The zero-order valence-corrected chi connectivity index (χ0v) is 15.8. The molecule has 3 rings (SSSR count). The van der Waals surface area contributed by atoms with Crippen LogP contribution >= 0.6 is 11.6 Å². The zero-order chi connectivity index (χ0) is 19.2. The van der Waals surface area contributed by atoms with E-state index >= 15 is 0 Å². The van der Waals surface area contributed by atoms with Crippen molar-refractivity contribution in [3.05, 3.63) is 70.5 Å². The Kier molecular flexibility index (Phi) is 6.58. The topological polar surface area (TPSA) is 40.6 Å². The van der Waals surface area contributed by atoms with E-state index in [9.17, 15) is 14.0 Å². The van der Waals surface area contributed by atoms with Crippen molar-refractivity contribution >= 4 is 23.3 Å². The SMILES string of the molecule is O=C(CN1CCN(C(=O)CCc2ccccc2Cl)CC1)c1ccc(F)cc1. The Hall–Kier alpha value is -2.24. The number of carbonyl (C=O) groups is 2. The third kappa shape index (κ3) is 5.37. The van der Waals surface area contributed by atoms with E-state index in [1.165, 1.54) is 24.3 Å². The molecule has 0 aliphatic carbocycles. The first-order chi connectivity index (χ1) is 13.0. The van der Waals surface area contributed by atoms with Crippen molar-refractivity contribution in [1.82, 2.24) is 9.80 Å². The lowest BCUT2D eigenvalue weighted by Crippen LogP contribution is -2.49. The number of amides is 1. The van der Waals surface area contributed by atoms with Gasteiger partial charge in [0, 0.05) is 43.2 Å². The molecule has 0 saturated carbocycles. The number of halogens is 2. The average Bonchev–Trinajstić information content (AvgIpc) is 2.68. The van der Waals surface area contributed by atoms with Crippen LogP contribution in [0.2, 0.25) is 5.02 Å². The van der Waals surface area contributed by atoms with Crippen LogP contribution in [-0.2, 0) is 11.2 Å². The second-order valence-electron chi connectivity index (χ2n) is 6.68. The van der Waals surface area contributed by atoms with E-state index in [-0.39, 0.29) is 24.1 Å². The van der Waals surface area contributed by atoms with Crippen molar-refractivity contribution < 1.29 is 14.0 Å². The number of rotatable bonds is 6. The quantitative estimate of drug-likeness (QED) is 0.712. The summed E-state index contributed by atoms with van der Waals surface area (Å²) in [6.07, 6.45) is 1.06. The summed E-state index contributed by atoms with van der Waals surface area (Å²) in [5.74, 6) is -0.275. The molecule has 0 atom stereocenters. The molecule has 0 radical (unpaired) electrons. The zero-order valence-electron chi connectivity index (χ0n) is 15.0. The normalized spacial score (nSPS) is 15.0. The molecule has 1 aliphatic rings. The summed E-state index contributed by atoms with van der Waals surface area (Å²) in [7, 11) is 0. The Bertz CT molecular complexity index is 802. The predicted octanol–water partition coefficient (Wildman–Crippen LogP) is 3.44. The van der Waals surface area contributed by atoms with E-state index in [2.05, 4.69) is 0 Å². The molecule has 142 valence electrons. The minimum Gasteiger partial charge on any atom is -0.340 e. The number of hydrogen-bond donors (Lipinski definition) is 0. The lowest BCUT2D eigenvalue weighted by atomic mass is 10.1. The van der Waals surface area contributed by atoms with Gasteiger partial charge in [-0.3, -0.25) is 14.5 Å². The van der Waals surface area contributed by atoms with Gasteiger partial charge in [0.1, 0.15) is 5.82 Å². The summed E-state index contributed by atoms with van der Waals surface area (Å²) < 4.78 is 13.0. The van der Waals surface area contributed by atoms with E-state index in [1.54, 1.807) is 0 Å². The first-order valence-electron chi connectivity index (χ1n) is 9.05. The maximum absolute atomic E-state index is 13.0. The number of nitrogens with zero attached hydrogens (tertiary/aromatic N) is 2. The van der Waals surface area contributed by atoms with Crippen molar-refractivity contribution in [2.24, 2.45) is 0 Å². The molecule has 1 fully saturated rings. The van der Waals surface area contributed by atoms with Crippen molar-refractivity contribution in [3.63, 3.8) is 0 Å². The summed E-state index contributed by atoms with van der Waals surface area (Å²) in [6.45, 7) is 2.82. The summed E-state index contributed by atoms with van der Waals surface area (Å²) in [6, 6.07) is 13.2. The molecular weight excluding hydrogens is 367 g/mol. The first-order valence-corrected chi connectivity index (χ1v) is 9.43. The van der Waals surface area contributed by atoms with Crippen LogP contribution in [-0.4, -0.2) is 54.2 Å². The molecule has 2 aromatic carbocycles. The summed E-state index contributed by atoms with van der Waals surface area (Å²) in [5.41, 5.74) is 1.49. The average molecular weight is 389 g/mol. The van der Waals surface area contributed by atoms with Crippen LogP contribution in [0.25, 0.3) is 0 Å². The first kappa shape index (κ1) is 19.5. The van der Waals surface area contributed by atoms with Gasteiger partial charge in [0.05, 0.1) is 6.54 Å². The van der Waals surface area contributed by atoms with E-state index in [0.29, 0.717) is 49.6 Å². The fourth-order valence-corrected chi connectivity index (χ4v) is 3.42. The Morgan fingerprint density at radius 3 is 2.30 bits per heavy atom. The molecule has 2 aromatic rings. The molecule has 0 N–H and O–H groups in total. The molecule has 6 heteroatoms. The Morgan fingerprint density at radius 1 is 0.963 bits per heavy atom. The van der Waals surface area contributed by atoms with Gasteiger partial charge < -0.3 is 4.90 Å². The Morgan fingerprint density at radius 2 is 1.63 bits per heavy atom. The van der Waals surface area contributed by atoms with Gasteiger partial charge in [-0.2, -0.15) is 0 Å². The van der Waals surface area contributed by atoms with E-state index in [1.807, 2.05) is 34.1 Å². The fourth-order valence-electron chi connectivity index (χ4n) is 3.19. The molecular formula is C21H22ClFN2O2. The van der Waals surface area contributed by atoms with E-state index < -0.39 is 0 Å². The molecule has 4 nitrogen and oxygen atoms in total. The monoisotopic (exact) mass is 388 g/mol. The molecule has 27 heavy (non-hydrogen) atoms. The van der Waals surface area contributed by atoms with Gasteiger partial charge in [-0.25, -0.2) is 4.39 Å². The molecule has 0 spiro atoms. The van der Waals surface area contributed by atoms with Gasteiger partial charge in [-0.1, -0.05) is 29.8 Å². The third-order valence-electron chi connectivity index (χ3n) is 4.82. The number of benzene rings is 2. The number of hydrogen-bond acceptors (Lipinski definition) is 3. The Balaban J connectivity index is 1.44. The molecule has 1 saturated heterocycles. The number of carbonyl (C=O) groups excluding carboxylic acids is 2. The van der Waals surface area contributed by atoms with Crippen LogP contribution in [0.5, 0.6) is 0 Å². The van der Waals surface area contributed by atoms with Gasteiger partial charge in [0.15, 0.2) is 5.78 Å². The molecule has 0 unspecified atom stereocenters. The Labute approximate surface area is 163 Å². The second-order valence-corrected chi connectivity index (χ2v) is 7.09. The van der Waals surface area contributed by atoms with Gasteiger partial charge in [-0.05, 0) is 42.3 Å². The molecule has 1 amide bonds. The van der Waals surface area contributed by atoms with Gasteiger partial charge in [0.2, 0.25) is 5.91 Å². The van der Waals surface area contributed by atoms with Crippen LogP contribution in [0.3, 0.4) is 0 Å². The highest BCUT2D eigenvalue weighted by atomic mass is 35.5. The van der Waals surface area contributed by atoms with Crippen LogP contribution in [0, 0.1) is 5.82 Å². The van der Waals surface area contributed by atoms with Gasteiger partial charge in [-0.15, -0.1) is 0 Å².